The van der Waals surface area contributed by atoms with Gasteiger partial charge in [0.1, 0.15) is 0 Å². The van der Waals surface area contributed by atoms with Crippen LogP contribution in [0.4, 0.5) is 0 Å². The van der Waals surface area contributed by atoms with Crippen molar-refractivity contribution in [2.45, 2.75) is 62.0 Å². The second kappa shape index (κ2) is 9.94. The zero-order chi connectivity index (χ0) is 20.8. The van der Waals surface area contributed by atoms with Gasteiger partial charge in [-0.2, -0.15) is 0 Å². The SMILES string of the molecule is CC(Sc1nnc(-c2ccccc2)n1Cc1ccccc1)C(=O)NC1CCCCC1. The molecule has 1 saturated carbocycles. The average Bonchev–Trinajstić information content (AvgIpc) is 3.17. The first-order valence-electron chi connectivity index (χ1n) is 10.7. The number of nitrogens with zero attached hydrogens (tertiary/aromatic N) is 3. The zero-order valence-electron chi connectivity index (χ0n) is 17.3. The summed E-state index contributed by atoms with van der Waals surface area (Å²) in [6.45, 7) is 2.61. The predicted octanol–water partition coefficient (Wildman–Crippen LogP) is 4.92. The van der Waals surface area contributed by atoms with Gasteiger partial charge in [-0.25, -0.2) is 0 Å². The van der Waals surface area contributed by atoms with Crippen LogP contribution in [-0.4, -0.2) is 32.0 Å². The number of hydrogen-bond donors (Lipinski definition) is 1. The van der Waals surface area contributed by atoms with Gasteiger partial charge in [0.15, 0.2) is 11.0 Å². The molecule has 5 nitrogen and oxygen atoms in total. The Bertz CT molecular complexity index is 952. The molecule has 2 aromatic carbocycles. The van der Waals surface area contributed by atoms with Crippen LogP contribution >= 0.6 is 11.8 Å². The molecule has 1 N–H and O–H groups in total. The quantitative estimate of drug-likeness (QED) is 0.551. The molecule has 1 aliphatic carbocycles. The van der Waals surface area contributed by atoms with Crippen LogP contribution in [0, 0.1) is 0 Å². The lowest BCUT2D eigenvalue weighted by Crippen LogP contribution is -2.40. The van der Waals surface area contributed by atoms with E-state index >= 15 is 0 Å². The highest BCUT2D eigenvalue weighted by Gasteiger charge is 2.23. The second-order valence-electron chi connectivity index (χ2n) is 7.85. The number of rotatable bonds is 7. The lowest BCUT2D eigenvalue weighted by molar-refractivity contribution is -0.121. The Morgan fingerprint density at radius 2 is 1.70 bits per heavy atom. The molecule has 4 rings (SSSR count). The minimum atomic E-state index is -0.228. The Morgan fingerprint density at radius 1 is 1.03 bits per heavy atom. The fraction of sp³-hybridized carbons (Fsp3) is 0.375. The molecule has 3 aromatic rings. The van der Waals surface area contributed by atoms with Crippen molar-refractivity contribution in [3.63, 3.8) is 0 Å². The number of thioether (sulfide) groups is 1. The Morgan fingerprint density at radius 3 is 2.40 bits per heavy atom. The average molecular weight is 421 g/mol. The molecule has 0 bridgehead atoms. The second-order valence-corrected chi connectivity index (χ2v) is 9.16. The molecule has 1 fully saturated rings. The van der Waals surface area contributed by atoms with Gasteiger partial charge in [0.05, 0.1) is 11.8 Å². The van der Waals surface area contributed by atoms with Gasteiger partial charge in [-0.3, -0.25) is 9.36 Å². The predicted molar refractivity (Wildman–Crippen MR) is 121 cm³/mol. The Kier molecular flexibility index (Phi) is 6.84. The molecular formula is C24H28N4OS. The minimum Gasteiger partial charge on any atom is -0.352 e. The van der Waals surface area contributed by atoms with Gasteiger partial charge in [0.25, 0.3) is 0 Å². The van der Waals surface area contributed by atoms with Gasteiger partial charge in [-0.1, -0.05) is 91.7 Å². The lowest BCUT2D eigenvalue weighted by Gasteiger charge is -2.24. The molecule has 0 spiro atoms. The largest absolute Gasteiger partial charge is 0.352 e. The van der Waals surface area contributed by atoms with Crippen molar-refractivity contribution in [2.24, 2.45) is 0 Å². The minimum absolute atomic E-state index is 0.0856. The summed E-state index contributed by atoms with van der Waals surface area (Å²) in [7, 11) is 0. The molecule has 1 heterocycles. The molecule has 0 radical (unpaired) electrons. The summed E-state index contributed by atoms with van der Waals surface area (Å²) in [5, 5.41) is 12.7. The van der Waals surface area contributed by atoms with Crippen LogP contribution in [0.15, 0.2) is 65.8 Å². The van der Waals surface area contributed by atoms with Crippen LogP contribution in [0.2, 0.25) is 0 Å². The normalized spacial score (nSPS) is 15.6. The number of hydrogen-bond acceptors (Lipinski definition) is 4. The molecule has 30 heavy (non-hydrogen) atoms. The Balaban J connectivity index is 1.54. The van der Waals surface area contributed by atoms with E-state index in [0.717, 1.165) is 29.4 Å². The highest BCUT2D eigenvalue weighted by atomic mass is 32.2. The van der Waals surface area contributed by atoms with E-state index in [9.17, 15) is 4.79 Å². The fourth-order valence-corrected chi connectivity index (χ4v) is 4.72. The number of nitrogens with one attached hydrogen (secondary N) is 1. The molecule has 1 atom stereocenters. The van der Waals surface area contributed by atoms with Crippen molar-refractivity contribution in [2.75, 3.05) is 0 Å². The first-order chi connectivity index (χ1) is 14.7. The smallest absolute Gasteiger partial charge is 0.233 e. The molecule has 1 unspecified atom stereocenters. The van der Waals surface area contributed by atoms with Crippen molar-refractivity contribution in [3.05, 3.63) is 66.2 Å². The first-order valence-corrected chi connectivity index (χ1v) is 11.6. The van der Waals surface area contributed by atoms with Crippen LogP contribution < -0.4 is 5.32 Å². The van der Waals surface area contributed by atoms with E-state index in [1.165, 1.54) is 36.6 Å². The van der Waals surface area contributed by atoms with E-state index in [1.807, 2.05) is 55.5 Å². The van der Waals surface area contributed by atoms with Gasteiger partial charge in [0.2, 0.25) is 5.91 Å². The van der Waals surface area contributed by atoms with Gasteiger partial charge in [0, 0.05) is 11.6 Å². The summed E-state index contributed by atoms with van der Waals surface area (Å²) in [5.74, 6) is 0.907. The van der Waals surface area contributed by atoms with E-state index in [2.05, 4.69) is 32.2 Å². The first kappa shape index (κ1) is 20.7. The van der Waals surface area contributed by atoms with Gasteiger partial charge in [-0.15, -0.1) is 10.2 Å². The maximum absolute atomic E-state index is 12.8. The maximum atomic E-state index is 12.8. The highest BCUT2D eigenvalue weighted by molar-refractivity contribution is 8.00. The third-order valence-corrected chi connectivity index (χ3v) is 6.62. The fourth-order valence-electron chi connectivity index (χ4n) is 3.86. The van der Waals surface area contributed by atoms with Crippen LogP contribution in [0.3, 0.4) is 0 Å². The summed E-state index contributed by atoms with van der Waals surface area (Å²) in [4.78, 5) is 12.8. The van der Waals surface area contributed by atoms with Gasteiger partial charge in [-0.05, 0) is 25.3 Å². The van der Waals surface area contributed by atoms with Crippen molar-refractivity contribution in [1.82, 2.24) is 20.1 Å². The third-order valence-electron chi connectivity index (χ3n) is 5.54. The number of carbonyl (C=O) groups excluding carboxylic acids is 1. The third kappa shape index (κ3) is 5.11. The van der Waals surface area contributed by atoms with Gasteiger partial charge >= 0.3 is 0 Å². The standard InChI is InChI=1S/C24H28N4OS/c1-18(23(29)25-21-15-9-4-10-16-21)30-24-27-26-22(20-13-7-3-8-14-20)28(24)17-19-11-5-2-6-12-19/h2-3,5-8,11-14,18,21H,4,9-10,15-17H2,1H3,(H,25,29). The summed E-state index contributed by atoms with van der Waals surface area (Å²) >= 11 is 1.48. The Hall–Kier alpha value is -2.60. The van der Waals surface area contributed by atoms with E-state index in [4.69, 9.17) is 0 Å². The highest BCUT2D eigenvalue weighted by Crippen LogP contribution is 2.28. The van der Waals surface area contributed by atoms with Crippen LogP contribution in [0.5, 0.6) is 0 Å². The van der Waals surface area contributed by atoms with Crippen LogP contribution in [-0.2, 0) is 11.3 Å². The number of amides is 1. The lowest BCUT2D eigenvalue weighted by atomic mass is 9.95. The molecule has 0 saturated heterocycles. The number of benzene rings is 2. The number of carbonyl (C=O) groups is 1. The Labute approximate surface area is 182 Å². The molecule has 1 amide bonds. The number of aromatic nitrogens is 3. The molecule has 0 aliphatic heterocycles. The topological polar surface area (TPSA) is 59.8 Å². The van der Waals surface area contributed by atoms with Crippen molar-refractivity contribution in [1.29, 1.82) is 0 Å². The molecule has 1 aliphatic rings. The molecule has 156 valence electrons. The zero-order valence-corrected chi connectivity index (χ0v) is 18.1. The maximum Gasteiger partial charge on any atom is 0.233 e. The monoisotopic (exact) mass is 420 g/mol. The molecule has 1 aromatic heterocycles. The summed E-state index contributed by atoms with van der Waals surface area (Å²) in [6, 6.07) is 20.7. The van der Waals surface area contributed by atoms with E-state index in [1.54, 1.807) is 0 Å². The van der Waals surface area contributed by atoms with Crippen molar-refractivity contribution in [3.8, 4) is 11.4 Å². The van der Waals surface area contributed by atoms with E-state index < -0.39 is 0 Å². The summed E-state index contributed by atoms with van der Waals surface area (Å²) in [6.07, 6.45) is 5.87. The summed E-state index contributed by atoms with van der Waals surface area (Å²) in [5.41, 5.74) is 2.20. The van der Waals surface area contributed by atoms with E-state index in [-0.39, 0.29) is 11.2 Å². The summed E-state index contributed by atoms with van der Waals surface area (Å²) < 4.78 is 2.11. The molecular weight excluding hydrogens is 392 g/mol. The van der Waals surface area contributed by atoms with Gasteiger partial charge < -0.3 is 5.32 Å². The van der Waals surface area contributed by atoms with E-state index in [0.29, 0.717) is 12.6 Å². The van der Waals surface area contributed by atoms with Crippen LogP contribution in [0.1, 0.15) is 44.6 Å². The van der Waals surface area contributed by atoms with Crippen LogP contribution in [0.25, 0.3) is 11.4 Å². The molecule has 6 heteroatoms. The van der Waals surface area contributed by atoms with Crippen molar-refractivity contribution < 1.29 is 4.79 Å². The van der Waals surface area contributed by atoms with Crippen molar-refractivity contribution >= 4 is 17.7 Å².